The molecule has 3 aromatic rings. The van der Waals surface area contributed by atoms with Crippen molar-refractivity contribution in [3.63, 3.8) is 0 Å². The van der Waals surface area contributed by atoms with E-state index >= 15 is 0 Å². The maximum Gasteiger partial charge on any atom is 0.237 e. The summed E-state index contributed by atoms with van der Waals surface area (Å²) in [5.41, 5.74) is 2.96. The van der Waals surface area contributed by atoms with Gasteiger partial charge in [0.2, 0.25) is 5.91 Å². The van der Waals surface area contributed by atoms with Gasteiger partial charge in [0, 0.05) is 24.5 Å². The van der Waals surface area contributed by atoms with E-state index in [9.17, 15) is 4.79 Å². The Balaban J connectivity index is 1.36. The third-order valence-corrected chi connectivity index (χ3v) is 6.66. The molecule has 0 unspecified atom stereocenters. The Morgan fingerprint density at radius 1 is 1.19 bits per heavy atom. The van der Waals surface area contributed by atoms with E-state index in [2.05, 4.69) is 21.3 Å². The monoisotopic (exact) mass is 399 g/mol. The summed E-state index contributed by atoms with van der Waals surface area (Å²) in [6, 6.07) is 16.0. The molecular weight excluding hydrogens is 378 g/mol. The van der Waals surface area contributed by atoms with Crippen molar-refractivity contribution in [1.82, 2.24) is 4.98 Å². The molecule has 4 rings (SSSR count). The summed E-state index contributed by atoms with van der Waals surface area (Å²) >= 11 is 3.12. The van der Waals surface area contributed by atoms with Gasteiger partial charge in [-0.05, 0) is 43.3 Å². The van der Waals surface area contributed by atoms with E-state index in [0.29, 0.717) is 0 Å². The fourth-order valence-electron chi connectivity index (χ4n) is 2.93. The minimum atomic E-state index is -0.218. The number of fused-ring (bicyclic) bond motifs is 1. The van der Waals surface area contributed by atoms with Crippen LogP contribution >= 0.6 is 23.1 Å². The zero-order chi connectivity index (χ0) is 18.6. The molecule has 1 N–H and O–H groups in total. The summed E-state index contributed by atoms with van der Waals surface area (Å²) in [5, 5.41) is 2.78. The highest BCUT2D eigenvalue weighted by atomic mass is 32.2. The van der Waals surface area contributed by atoms with Crippen LogP contribution in [0.2, 0.25) is 0 Å². The molecule has 0 saturated carbocycles. The number of hydrogen-bond acceptors (Lipinski definition) is 6. The first-order valence-corrected chi connectivity index (χ1v) is 10.6. The van der Waals surface area contributed by atoms with Gasteiger partial charge >= 0.3 is 0 Å². The van der Waals surface area contributed by atoms with Crippen LogP contribution in [0.25, 0.3) is 10.2 Å². The summed E-state index contributed by atoms with van der Waals surface area (Å²) in [7, 11) is 0. The molecule has 1 atom stereocenters. The molecule has 27 heavy (non-hydrogen) atoms. The number of para-hydroxylation sites is 1. The van der Waals surface area contributed by atoms with E-state index in [1.807, 2.05) is 49.4 Å². The number of ether oxygens (including phenoxy) is 1. The molecule has 0 aliphatic carbocycles. The first-order valence-electron chi connectivity index (χ1n) is 8.95. The predicted octanol–water partition coefficient (Wildman–Crippen LogP) is 4.25. The summed E-state index contributed by atoms with van der Waals surface area (Å²) in [6.45, 7) is 5.25. The summed E-state index contributed by atoms with van der Waals surface area (Å²) in [6.07, 6.45) is 0. The molecule has 5 nitrogen and oxygen atoms in total. The molecule has 0 spiro atoms. The first kappa shape index (κ1) is 18.3. The molecule has 0 radical (unpaired) electrons. The smallest absolute Gasteiger partial charge is 0.237 e. The zero-order valence-electron chi connectivity index (χ0n) is 15.1. The Hall–Kier alpha value is -2.09. The minimum absolute atomic E-state index is 0.0154. The van der Waals surface area contributed by atoms with Crippen LogP contribution in [0.3, 0.4) is 0 Å². The van der Waals surface area contributed by atoms with Gasteiger partial charge in [-0.25, -0.2) is 4.98 Å². The van der Waals surface area contributed by atoms with Crippen LogP contribution in [-0.4, -0.2) is 42.4 Å². The second kappa shape index (κ2) is 8.29. The number of morpholine rings is 1. The van der Waals surface area contributed by atoms with E-state index in [0.717, 1.165) is 52.2 Å². The van der Waals surface area contributed by atoms with Crippen LogP contribution in [-0.2, 0) is 9.53 Å². The van der Waals surface area contributed by atoms with Gasteiger partial charge in [0.25, 0.3) is 0 Å². The van der Waals surface area contributed by atoms with Crippen LogP contribution in [0.1, 0.15) is 6.92 Å². The van der Waals surface area contributed by atoms with Crippen molar-refractivity contribution in [2.24, 2.45) is 0 Å². The Morgan fingerprint density at radius 2 is 1.93 bits per heavy atom. The number of benzene rings is 2. The molecule has 7 heteroatoms. The lowest BCUT2D eigenvalue weighted by molar-refractivity contribution is -0.115. The highest BCUT2D eigenvalue weighted by Gasteiger charge is 2.17. The van der Waals surface area contributed by atoms with E-state index in [-0.39, 0.29) is 11.2 Å². The Kier molecular flexibility index (Phi) is 5.61. The third-order valence-electron chi connectivity index (χ3n) is 4.43. The highest BCUT2D eigenvalue weighted by molar-refractivity contribution is 8.02. The molecule has 2 aromatic carbocycles. The second-order valence-corrected chi connectivity index (χ2v) is 8.96. The number of anilines is 2. The van der Waals surface area contributed by atoms with Crippen molar-refractivity contribution in [3.8, 4) is 0 Å². The number of carbonyl (C=O) groups excluding carboxylic acids is 1. The van der Waals surface area contributed by atoms with Crippen molar-refractivity contribution in [2.75, 3.05) is 36.5 Å². The lowest BCUT2D eigenvalue weighted by Crippen LogP contribution is -2.36. The van der Waals surface area contributed by atoms with E-state index in [1.54, 1.807) is 11.3 Å². The third kappa shape index (κ3) is 4.43. The average molecular weight is 400 g/mol. The predicted molar refractivity (Wildman–Crippen MR) is 113 cm³/mol. The summed E-state index contributed by atoms with van der Waals surface area (Å²) in [4.78, 5) is 19.4. The quantitative estimate of drug-likeness (QED) is 0.650. The SMILES string of the molecule is C[C@@H](Sc1nc2ccccc2s1)C(=O)Nc1ccc(N2CCOCC2)cc1. The number of thiazole rings is 1. The number of carbonyl (C=O) groups is 1. The number of hydrogen-bond donors (Lipinski definition) is 1. The standard InChI is InChI=1S/C20H21N3O2S2/c1-14(26-20-22-17-4-2-3-5-18(17)27-20)19(24)21-15-6-8-16(9-7-15)23-10-12-25-13-11-23/h2-9,14H,10-13H2,1H3,(H,21,24)/t14-/m1/s1. The van der Waals surface area contributed by atoms with Gasteiger partial charge in [0.15, 0.2) is 4.34 Å². The largest absolute Gasteiger partial charge is 0.378 e. The molecular formula is C20H21N3O2S2. The molecule has 1 fully saturated rings. The van der Waals surface area contributed by atoms with Gasteiger partial charge in [-0.1, -0.05) is 23.9 Å². The first-order chi connectivity index (χ1) is 13.2. The molecule has 2 heterocycles. The molecule has 1 amide bonds. The van der Waals surface area contributed by atoms with Crippen LogP contribution < -0.4 is 10.2 Å². The summed E-state index contributed by atoms with van der Waals surface area (Å²) < 4.78 is 7.45. The number of amides is 1. The van der Waals surface area contributed by atoms with Crippen LogP contribution in [0, 0.1) is 0 Å². The van der Waals surface area contributed by atoms with Crippen molar-refractivity contribution in [3.05, 3.63) is 48.5 Å². The van der Waals surface area contributed by atoms with Gasteiger partial charge in [0.1, 0.15) is 0 Å². The van der Waals surface area contributed by atoms with Crippen LogP contribution in [0.15, 0.2) is 52.9 Å². The minimum Gasteiger partial charge on any atom is -0.378 e. The van der Waals surface area contributed by atoms with Crippen molar-refractivity contribution in [1.29, 1.82) is 0 Å². The number of nitrogens with one attached hydrogen (secondary N) is 1. The fourth-order valence-corrected chi connectivity index (χ4v) is 5.14. The molecule has 140 valence electrons. The normalized spacial score (nSPS) is 15.7. The van der Waals surface area contributed by atoms with Gasteiger partial charge in [-0.3, -0.25) is 4.79 Å². The molecule has 1 aliphatic heterocycles. The average Bonchev–Trinajstić information content (AvgIpc) is 3.11. The molecule has 0 bridgehead atoms. The number of aromatic nitrogens is 1. The van der Waals surface area contributed by atoms with Gasteiger partial charge in [0.05, 0.1) is 28.7 Å². The highest BCUT2D eigenvalue weighted by Crippen LogP contribution is 2.32. The second-order valence-electron chi connectivity index (χ2n) is 6.34. The van der Waals surface area contributed by atoms with E-state index < -0.39 is 0 Å². The van der Waals surface area contributed by atoms with Crippen molar-refractivity contribution in [2.45, 2.75) is 16.5 Å². The van der Waals surface area contributed by atoms with Gasteiger partial charge < -0.3 is 15.0 Å². The number of thioether (sulfide) groups is 1. The van der Waals surface area contributed by atoms with E-state index in [1.165, 1.54) is 11.8 Å². The summed E-state index contributed by atoms with van der Waals surface area (Å²) in [5.74, 6) is -0.0154. The molecule has 1 aliphatic rings. The Morgan fingerprint density at radius 3 is 2.67 bits per heavy atom. The van der Waals surface area contributed by atoms with Crippen molar-refractivity contribution >= 4 is 50.6 Å². The Labute approximate surface area is 166 Å². The topological polar surface area (TPSA) is 54.5 Å². The maximum atomic E-state index is 12.5. The van der Waals surface area contributed by atoms with Crippen LogP contribution in [0.5, 0.6) is 0 Å². The van der Waals surface area contributed by atoms with Gasteiger partial charge in [-0.15, -0.1) is 11.3 Å². The number of nitrogens with zero attached hydrogens (tertiary/aromatic N) is 2. The number of rotatable bonds is 5. The van der Waals surface area contributed by atoms with Gasteiger partial charge in [-0.2, -0.15) is 0 Å². The van der Waals surface area contributed by atoms with Crippen molar-refractivity contribution < 1.29 is 9.53 Å². The maximum absolute atomic E-state index is 12.5. The molecule has 1 aromatic heterocycles. The fraction of sp³-hybridized carbons (Fsp3) is 0.300. The molecule has 1 saturated heterocycles. The lowest BCUT2D eigenvalue weighted by atomic mass is 10.2. The lowest BCUT2D eigenvalue weighted by Gasteiger charge is -2.28. The van der Waals surface area contributed by atoms with E-state index in [4.69, 9.17) is 4.74 Å². The Bertz CT molecular complexity index is 887. The van der Waals surface area contributed by atoms with Crippen LogP contribution in [0.4, 0.5) is 11.4 Å². The zero-order valence-corrected chi connectivity index (χ0v) is 16.7.